The summed E-state index contributed by atoms with van der Waals surface area (Å²) in [5.74, 6) is 5.74. The Morgan fingerprint density at radius 3 is 2.72 bits per heavy atom. The summed E-state index contributed by atoms with van der Waals surface area (Å²) < 4.78 is 34.0. The van der Waals surface area contributed by atoms with E-state index in [1.807, 2.05) is 0 Å². The van der Waals surface area contributed by atoms with E-state index in [2.05, 4.69) is 42.8 Å². The molecule has 39 heavy (non-hydrogen) atoms. The summed E-state index contributed by atoms with van der Waals surface area (Å²) in [6, 6.07) is 4.19. The largest absolute Gasteiger partial charge is 0.479 e. The van der Waals surface area contributed by atoms with Gasteiger partial charge >= 0.3 is 0 Å². The first-order chi connectivity index (χ1) is 18.6. The fraction of sp³-hybridized carbons (Fsp3) is 0.292. The number of hydrazone groups is 1. The first kappa shape index (κ1) is 26.7. The predicted molar refractivity (Wildman–Crippen MR) is 142 cm³/mol. The van der Waals surface area contributed by atoms with Crippen molar-refractivity contribution in [2.45, 2.75) is 30.2 Å². The first-order valence-electron chi connectivity index (χ1n) is 11.7. The Kier molecular flexibility index (Phi) is 7.33. The topological polar surface area (TPSA) is 127 Å². The Morgan fingerprint density at radius 1 is 1.26 bits per heavy atom. The van der Waals surface area contributed by atoms with Gasteiger partial charge in [0.15, 0.2) is 26.2 Å². The summed E-state index contributed by atoms with van der Waals surface area (Å²) >= 11 is 1.23. The van der Waals surface area contributed by atoms with Gasteiger partial charge in [0.1, 0.15) is 22.7 Å². The van der Waals surface area contributed by atoms with Crippen LogP contribution in [0, 0.1) is 17.8 Å². The van der Waals surface area contributed by atoms with Gasteiger partial charge in [0.25, 0.3) is 12.3 Å². The third-order valence-corrected chi connectivity index (χ3v) is 6.41. The van der Waals surface area contributed by atoms with Crippen molar-refractivity contribution >= 4 is 38.5 Å². The zero-order valence-corrected chi connectivity index (χ0v) is 21.2. The summed E-state index contributed by atoms with van der Waals surface area (Å²) in [5, 5.41) is 20.9. The van der Waals surface area contributed by atoms with Gasteiger partial charge in [-0.2, -0.15) is 10.2 Å². The van der Waals surface area contributed by atoms with Gasteiger partial charge in [-0.3, -0.25) is 30.2 Å². The number of alkyl halides is 2. The molecule has 10 nitrogen and oxygen atoms in total. The van der Waals surface area contributed by atoms with Crippen LogP contribution in [0.3, 0.4) is 0 Å². The fourth-order valence-electron chi connectivity index (χ4n) is 3.58. The minimum Gasteiger partial charge on any atom is -0.479 e. The average molecular weight is 545 g/mol. The molecule has 3 aromatic rings. The molecular formula is C24H19B2F2N7O3S. The summed E-state index contributed by atoms with van der Waals surface area (Å²) in [6.45, 7) is 0. The first-order valence-corrected chi connectivity index (χ1v) is 12.5. The molecule has 194 valence electrons. The number of hydrogen-bond acceptors (Lipinski definition) is 9. The zero-order chi connectivity index (χ0) is 27.7. The van der Waals surface area contributed by atoms with E-state index >= 15 is 0 Å². The van der Waals surface area contributed by atoms with Crippen LogP contribution >= 0.6 is 11.8 Å². The highest BCUT2D eigenvalue weighted by atomic mass is 32.2. The number of halogens is 2. The second-order valence-corrected chi connectivity index (χ2v) is 9.90. The van der Waals surface area contributed by atoms with Crippen LogP contribution < -0.4 is 15.5 Å². The predicted octanol–water partition coefficient (Wildman–Crippen LogP) is 1.88. The number of hydrogen-bond donors (Lipinski definition) is 3. The molecule has 2 aliphatic rings. The minimum atomic E-state index is -2.94. The van der Waals surface area contributed by atoms with Crippen LogP contribution in [0.2, 0.25) is 0 Å². The Balaban J connectivity index is 1.54. The van der Waals surface area contributed by atoms with Crippen molar-refractivity contribution in [3.8, 4) is 40.1 Å². The van der Waals surface area contributed by atoms with Crippen molar-refractivity contribution in [3.05, 3.63) is 48.0 Å². The lowest BCUT2D eigenvalue weighted by molar-refractivity contribution is 0.0129. The molecule has 4 heterocycles. The number of amides is 1. The van der Waals surface area contributed by atoms with E-state index in [0.29, 0.717) is 17.3 Å². The van der Waals surface area contributed by atoms with Crippen LogP contribution in [0.5, 0.6) is 5.75 Å². The maximum absolute atomic E-state index is 13.6. The van der Waals surface area contributed by atoms with Gasteiger partial charge in [-0.1, -0.05) is 11.8 Å². The lowest BCUT2D eigenvalue weighted by Gasteiger charge is -2.24. The van der Waals surface area contributed by atoms with E-state index < -0.39 is 23.6 Å². The molecule has 0 bridgehead atoms. The van der Waals surface area contributed by atoms with Gasteiger partial charge in [-0.05, 0) is 42.8 Å². The smallest absolute Gasteiger partial charge is 0.280 e. The molecule has 1 aliphatic carbocycles. The number of carbonyl (C=O) groups excluding carboxylic acids is 1. The standard InChI is InChI=1S/C24H19B2F2N7O3S/c1-35-7-6-16(34-35)17-8-13(14-9-18(21(27)28)30-11-19(14)38-24(25,26)37)15(10-29-17)22(36)31-23-33-32-20(39-23)5-4-12-2-3-12/h6-12,20-21,32,37H,2-3H2,1H3,(H,31,33,36). The van der Waals surface area contributed by atoms with Gasteiger partial charge in [0, 0.05) is 36.5 Å². The highest BCUT2D eigenvalue weighted by Crippen LogP contribution is 2.37. The number of aryl methyl sites for hydroxylation is 1. The second kappa shape index (κ2) is 10.7. The maximum atomic E-state index is 13.6. The van der Waals surface area contributed by atoms with Crippen LogP contribution in [-0.4, -0.2) is 62.6 Å². The molecule has 5 rings (SSSR count). The number of thioether (sulfide) groups is 1. The molecule has 1 unspecified atom stereocenters. The monoisotopic (exact) mass is 545 g/mol. The molecule has 3 aromatic heterocycles. The van der Waals surface area contributed by atoms with Crippen molar-refractivity contribution in [3.63, 3.8) is 0 Å². The molecule has 0 spiro atoms. The van der Waals surface area contributed by atoms with E-state index in [4.69, 9.17) is 20.4 Å². The Morgan fingerprint density at radius 2 is 2.05 bits per heavy atom. The van der Waals surface area contributed by atoms with Gasteiger partial charge in [-0.25, -0.2) is 8.78 Å². The van der Waals surface area contributed by atoms with E-state index in [1.165, 1.54) is 24.0 Å². The van der Waals surface area contributed by atoms with Crippen LogP contribution in [0.1, 0.15) is 35.3 Å². The van der Waals surface area contributed by atoms with Crippen molar-refractivity contribution < 1.29 is 23.4 Å². The van der Waals surface area contributed by atoms with Gasteiger partial charge in [-0.15, -0.1) is 0 Å². The fourth-order valence-corrected chi connectivity index (χ4v) is 4.30. The highest BCUT2D eigenvalue weighted by Gasteiger charge is 2.26. The second-order valence-electron chi connectivity index (χ2n) is 8.81. The minimum absolute atomic E-state index is 0.0145. The third kappa shape index (κ3) is 6.58. The van der Waals surface area contributed by atoms with E-state index in [0.717, 1.165) is 25.1 Å². The summed E-state index contributed by atoms with van der Waals surface area (Å²) in [6.07, 6.45) is 3.13. The molecule has 1 aliphatic heterocycles. The van der Waals surface area contributed by atoms with Crippen LogP contribution in [0.4, 0.5) is 8.78 Å². The number of nitrogens with one attached hydrogen (secondary N) is 2. The number of carbonyl (C=O) groups is 1. The number of aliphatic hydroxyl groups is 1. The van der Waals surface area contributed by atoms with Gasteiger partial charge in [0.05, 0.1) is 17.5 Å². The number of pyridine rings is 2. The molecular weight excluding hydrogens is 526 g/mol. The Hall–Kier alpha value is -3.89. The van der Waals surface area contributed by atoms with Crippen molar-refractivity contribution in [2.24, 2.45) is 18.1 Å². The highest BCUT2D eigenvalue weighted by molar-refractivity contribution is 8.14. The number of nitrogens with zero attached hydrogens (tertiary/aromatic N) is 5. The lowest BCUT2D eigenvalue weighted by atomic mass is 9.76. The van der Waals surface area contributed by atoms with Crippen LogP contribution in [-0.2, 0) is 7.05 Å². The summed E-state index contributed by atoms with van der Waals surface area (Å²) in [7, 11) is 12.5. The van der Waals surface area contributed by atoms with Gasteiger partial charge in [0.2, 0.25) is 0 Å². The molecule has 0 aromatic carbocycles. The lowest BCUT2D eigenvalue weighted by Crippen LogP contribution is -2.36. The number of ether oxygens (including phenoxy) is 1. The molecule has 15 heteroatoms. The molecule has 4 radical (unpaired) electrons. The Bertz CT molecular complexity index is 1510. The number of aromatic nitrogens is 4. The zero-order valence-electron chi connectivity index (χ0n) is 20.4. The van der Waals surface area contributed by atoms with Crippen molar-refractivity contribution in [1.82, 2.24) is 30.5 Å². The van der Waals surface area contributed by atoms with Crippen molar-refractivity contribution in [1.29, 1.82) is 0 Å². The molecule has 0 saturated heterocycles. The van der Waals surface area contributed by atoms with E-state index in [9.17, 15) is 18.7 Å². The quantitative estimate of drug-likeness (QED) is 0.244. The molecule has 1 amide bonds. The van der Waals surface area contributed by atoms with E-state index in [-0.39, 0.29) is 33.0 Å². The normalized spacial score (nSPS) is 16.7. The van der Waals surface area contributed by atoms with E-state index in [1.54, 1.807) is 24.0 Å². The number of amidine groups is 1. The van der Waals surface area contributed by atoms with Crippen LogP contribution in [0.25, 0.3) is 22.5 Å². The molecule has 1 saturated carbocycles. The van der Waals surface area contributed by atoms with Crippen molar-refractivity contribution in [2.75, 3.05) is 0 Å². The summed E-state index contributed by atoms with van der Waals surface area (Å²) in [5.41, 5.74) is 0.461. The SMILES string of the molecule is [B]C([B])(O)Oc1cnc(C(F)F)cc1-c1cc(-c2ccn(C)n2)ncc1C(=O)NC1=NNC(C#CC2CC2)S1. The van der Waals surface area contributed by atoms with Gasteiger partial charge < -0.3 is 9.84 Å². The maximum Gasteiger partial charge on any atom is 0.280 e. The molecule has 3 N–H and O–H groups in total. The number of rotatable bonds is 6. The Labute approximate surface area is 228 Å². The van der Waals surface area contributed by atoms with Crippen LogP contribution in [0.15, 0.2) is 41.9 Å². The summed E-state index contributed by atoms with van der Waals surface area (Å²) in [4.78, 5) is 21.4. The molecule has 1 fully saturated rings. The third-order valence-electron chi connectivity index (χ3n) is 5.53. The average Bonchev–Trinajstić information content (AvgIpc) is 3.44. The molecule has 1 atom stereocenters.